The Morgan fingerprint density at radius 3 is 0.500 bits per heavy atom. The van der Waals surface area contributed by atoms with Crippen molar-refractivity contribution in [3.8, 4) is 0 Å². The minimum atomic E-state index is 0. The van der Waals surface area contributed by atoms with Crippen molar-refractivity contribution in [1.29, 1.82) is 0 Å². The van der Waals surface area contributed by atoms with Crippen LogP contribution >= 0.6 is 0 Å². The summed E-state index contributed by atoms with van der Waals surface area (Å²) in [6, 6.07) is 0. The van der Waals surface area contributed by atoms with Gasteiger partial charge >= 0.3 is 0 Å². The van der Waals surface area contributed by atoms with Crippen molar-refractivity contribution in [1.82, 2.24) is 0 Å². The normalized spacial score (nSPS) is 0. The fourth-order valence-electron chi connectivity index (χ4n) is 0. The average molecular weight is 357 g/mol. The van der Waals surface area contributed by atoms with E-state index in [1.807, 2.05) is 0 Å². The van der Waals surface area contributed by atoms with Gasteiger partial charge in [-0.15, -0.1) is 0 Å². The van der Waals surface area contributed by atoms with Crippen LogP contribution in [0.4, 0.5) is 0 Å². The Kier molecular flexibility index (Phi) is 162. The van der Waals surface area contributed by atoms with Crippen LogP contribution in [0.2, 0.25) is 0 Å². The van der Waals surface area contributed by atoms with Crippen LogP contribution in [-0.4, -0.2) is 0 Å². The van der Waals surface area contributed by atoms with E-state index in [1.165, 1.54) is 0 Å². The third kappa shape index (κ3) is 8.88. The van der Waals surface area contributed by atoms with Crippen molar-refractivity contribution >= 4 is 0 Å². The third-order valence-electron chi connectivity index (χ3n) is 0. The third-order valence-corrected chi connectivity index (χ3v) is 0. The maximum atomic E-state index is 0. The van der Waals surface area contributed by atoms with Crippen molar-refractivity contribution in [3.05, 3.63) is 0 Å². The molecule has 1 radical (unpaired) electrons. The summed E-state index contributed by atoms with van der Waals surface area (Å²) in [6.45, 7) is 0. The molecule has 0 saturated carbocycles. The van der Waals surface area contributed by atoms with Gasteiger partial charge in [0, 0.05) is 71.9 Å². The van der Waals surface area contributed by atoms with Gasteiger partial charge in [0.05, 0.1) is 0 Å². The molecule has 0 aromatic rings. The Balaban J connectivity index is 0. The Bertz CT molecular complexity index is 3.25. The van der Waals surface area contributed by atoms with Crippen molar-refractivity contribution in [2.45, 2.75) is 0 Å². The molecule has 4 heteroatoms. The predicted octanol–water partition coefficient (Wildman–Crippen LogP) is -0.0100. The second-order valence-corrected chi connectivity index (χ2v) is 0. The van der Waals surface area contributed by atoms with Crippen molar-refractivity contribution in [2.24, 2.45) is 0 Å². The van der Waals surface area contributed by atoms with Gasteiger partial charge in [-0.1, -0.05) is 0 Å². The Morgan fingerprint density at radius 1 is 0.500 bits per heavy atom. The number of hydrogen-bond acceptors (Lipinski definition) is 0. The minimum absolute atomic E-state index is 0. The topological polar surface area (TPSA) is 0 Å². The van der Waals surface area contributed by atoms with Crippen molar-refractivity contribution in [2.75, 3.05) is 0 Å². The molecule has 0 heterocycles. The Morgan fingerprint density at radius 2 is 0.500 bits per heavy atom. The van der Waals surface area contributed by atoms with Gasteiger partial charge in [-0.3, -0.25) is 0 Å². The maximum absolute atomic E-state index is 0. The monoisotopic (exact) mass is 355 g/mol. The Labute approximate surface area is 71.1 Å². The SMILES string of the molecule is [Ni].[Ni].[Ni].[Ta]. The van der Waals surface area contributed by atoms with Gasteiger partial charge in [0.15, 0.2) is 0 Å². The summed E-state index contributed by atoms with van der Waals surface area (Å²) in [7, 11) is 0. The molecule has 0 saturated heterocycles. The standard InChI is InChI=1S/3Ni.Ta. The first-order valence-corrected chi connectivity index (χ1v) is 0. The van der Waals surface area contributed by atoms with Crippen LogP contribution in [-0.2, 0) is 71.9 Å². The van der Waals surface area contributed by atoms with E-state index >= 15 is 0 Å². The molecule has 0 unspecified atom stereocenters. The number of hydrogen-bond donors (Lipinski definition) is 0. The van der Waals surface area contributed by atoms with Gasteiger partial charge in [0.2, 0.25) is 0 Å². The van der Waals surface area contributed by atoms with Crippen LogP contribution in [0.1, 0.15) is 0 Å². The largest absolute Gasteiger partial charge is 0 e. The molecule has 35 valence electrons. The molecule has 0 amide bonds. The van der Waals surface area contributed by atoms with E-state index in [-0.39, 0.29) is 71.9 Å². The molecule has 0 fully saturated rings. The first-order chi connectivity index (χ1) is 0. The molecule has 0 aliphatic rings. The molecule has 0 nitrogen and oxygen atoms in total. The van der Waals surface area contributed by atoms with E-state index in [9.17, 15) is 0 Å². The zero-order valence-corrected chi connectivity index (χ0v) is 7.57. The molecule has 0 aliphatic carbocycles. The molecule has 0 atom stereocenters. The van der Waals surface area contributed by atoms with Gasteiger partial charge in [-0.05, 0) is 0 Å². The molecule has 0 rings (SSSR count). The number of rotatable bonds is 0. The summed E-state index contributed by atoms with van der Waals surface area (Å²) in [6.07, 6.45) is 0. The maximum Gasteiger partial charge on any atom is 0 e. The zero-order chi connectivity index (χ0) is 0. The second kappa shape index (κ2) is 18.9. The molecule has 0 aromatic heterocycles. The molecule has 0 aromatic carbocycles. The Hall–Kier alpha value is 2.22. The van der Waals surface area contributed by atoms with Crippen LogP contribution in [0.15, 0.2) is 0 Å². The van der Waals surface area contributed by atoms with Gasteiger partial charge in [-0.25, -0.2) is 0 Å². The first-order valence-electron chi connectivity index (χ1n) is 0. The van der Waals surface area contributed by atoms with E-state index in [0.717, 1.165) is 0 Å². The summed E-state index contributed by atoms with van der Waals surface area (Å²) in [5.41, 5.74) is 0. The minimum Gasteiger partial charge on any atom is 0 e. The molecular formula is Ni3Ta. The van der Waals surface area contributed by atoms with E-state index in [1.54, 1.807) is 0 Å². The predicted molar refractivity (Wildman–Crippen MR) is 0 cm³/mol. The van der Waals surface area contributed by atoms with Crippen molar-refractivity contribution in [3.63, 3.8) is 0 Å². The quantitative estimate of drug-likeness (QED) is 0.536. The molecule has 0 N–H and O–H groups in total. The van der Waals surface area contributed by atoms with Crippen LogP contribution < -0.4 is 0 Å². The van der Waals surface area contributed by atoms with E-state index in [2.05, 4.69) is 0 Å². The van der Waals surface area contributed by atoms with E-state index in [4.69, 9.17) is 0 Å². The molecular weight excluding hydrogens is 357 g/mol. The van der Waals surface area contributed by atoms with Gasteiger partial charge in [-0.2, -0.15) is 0 Å². The summed E-state index contributed by atoms with van der Waals surface area (Å²) >= 11 is 0. The summed E-state index contributed by atoms with van der Waals surface area (Å²) in [4.78, 5) is 0. The smallest absolute Gasteiger partial charge is 0 e. The molecule has 4 heavy (non-hydrogen) atoms. The van der Waals surface area contributed by atoms with Crippen LogP contribution in [0.5, 0.6) is 0 Å². The fourth-order valence-corrected chi connectivity index (χ4v) is 0. The van der Waals surface area contributed by atoms with Gasteiger partial charge < -0.3 is 0 Å². The van der Waals surface area contributed by atoms with E-state index in [0.29, 0.717) is 0 Å². The second-order valence-electron chi connectivity index (χ2n) is 0. The van der Waals surface area contributed by atoms with E-state index < -0.39 is 0 Å². The first kappa shape index (κ1) is 34.4. The zero-order valence-electron chi connectivity index (χ0n) is 1.40. The van der Waals surface area contributed by atoms with Crippen LogP contribution in [0.3, 0.4) is 0 Å². The molecule has 0 aliphatic heterocycles. The van der Waals surface area contributed by atoms with Crippen LogP contribution in [0, 0.1) is 0 Å². The molecule has 0 spiro atoms. The van der Waals surface area contributed by atoms with Gasteiger partial charge in [0.1, 0.15) is 0 Å². The molecule has 0 bridgehead atoms. The van der Waals surface area contributed by atoms with Gasteiger partial charge in [0.25, 0.3) is 0 Å². The summed E-state index contributed by atoms with van der Waals surface area (Å²) in [5, 5.41) is 0. The fraction of sp³-hybridized carbons (Fsp3) is 0. The summed E-state index contributed by atoms with van der Waals surface area (Å²) < 4.78 is 0. The summed E-state index contributed by atoms with van der Waals surface area (Å²) in [5.74, 6) is 0. The average Bonchev–Trinajstić information content (AvgIpc) is 0. The van der Waals surface area contributed by atoms with Crippen LogP contribution in [0.25, 0.3) is 0 Å². The van der Waals surface area contributed by atoms with Crippen molar-refractivity contribution < 1.29 is 71.9 Å².